The second-order valence-corrected chi connectivity index (χ2v) is 4.56. The van der Waals surface area contributed by atoms with Crippen molar-refractivity contribution in [1.82, 2.24) is 0 Å². The van der Waals surface area contributed by atoms with E-state index in [1.165, 1.54) is 18.2 Å². The van der Waals surface area contributed by atoms with Gasteiger partial charge in [-0.2, -0.15) is 0 Å². The van der Waals surface area contributed by atoms with Gasteiger partial charge in [-0.1, -0.05) is 0 Å². The lowest BCUT2D eigenvalue weighted by atomic mass is 10.1. The molecule has 6 nitrogen and oxygen atoms in total. The predicted molar refractivity (Wildman–Crippen MR) is 78.6 cm³/mol. The van der Waals surface area contributed by atoms with Crippen molar-refractivity contribution in [3.63, 3.8) is 0 Å². The predicted octanol–water partition coefficient (Wildman–Crippen LogP) is 2.23. The first-order valence-electron chi connectivity index (χ1n) is 6.12. The normalized spacial score (nSPS) is 10.1. The Morgan fingerprint density at radius 2 is 1.86 bits per heavy atom. The number of amides is 1. The number of aryl methyl sites for hydroxylation is 1. The number of aromatic carboxylic acids is 1. The topological polar surface area (TPSA) is 113 Å². The molecule has 108 valence electrons. The highest BCUT2D eigenvalue weighted by atomic mass is 16.4. The number of carbonyl (C=O) groups is 2. The van der Waals surface area contributed by atoms with Crippen LogP contribution in [-0.4, -0.2) is 22.1 Å². The molecule has 0 spiro atoms. The number of nitrogens with one attached hydrogen (secondary N) is 1. The summed E-state index contributed by atoms with van der Waals surface area (Å²) in [6, 6.07) is 8.68. The van der Waals surface area contributed by atoms with Crippen molar-refractivity contribution in [2.24, 2.45) is 0 Å². The number of carbonyl (C=O) groups excluding carboxylic acids is 1. The minimum absolute atomic E-state index is 0.277. The van der Waals surface area contributed by atoms with E-state index in [1.807, 2.05) is 0 Å². The van der Waals surface area contributed by atoms with Crippen molar-refractivity contribution >= 4 is 23.3 Å². The lowest BCUT2D eigenvalue weighted by molar-refractivity contribution is 0.0693. The Morgan fingerprint density at radius 3 is 2.48 bits per heavy atom. The zero-order valence-electron chi connectivity index (χ0n) is 11.3. The second-order valence-electron chi connectivity index (χ2n) is 4.56. The lowest BCUT2D eigenvalue weighted by Gasteiger charge is -2.08. The van der Waals surface area contributed by atoms with Crippen LogP contribution < -0.4 is 11.1 Å². The molecule has 0 aliphatic carbocycles. The Labute approximate surface area is 120 Å². The monoisotopic (exact) mass is 286 g/mol. The van der Waals surface area contributed by atoms with Crippen LogP contribution in [0.3, 0.4) is 0 Å². The van der Waals surface area contributed by atoms with Gasteiger partial charge in [0.05, 0.1) is 0 Å². The highest BCUT2D eigenvalue weighted by Crippen LogP contribution is 2.22. The van der Waals surface area contributed by atoms with Gasteiger partial charge in [0.25, 0.3) is 5.91 Å². The molecule has 0 bridgehead atoms. The van der Waals surface area contributed by atoms with Crippen molar-refractivity contribution in [2.45, 2.75) is 6.92 Å². The molecule has 0 aliphatic heterocycles. The summed E-state index contributed by atoms with van der Waals surface area (Å²) in [5, 5.41) is 20.9. The fourth-order valence-electron chi connectivity index (χ4n) is 1.81. The molecule has 0 aliphatic rings. The van der Waals surface area contributed by atoms with E-state index in [2.05, 4.69) is 5.32 Å². The molecular weight excluding hydrogens is 272 g/mol. The lowest BCUT2D eigenvalue weighted by Crippen LogP contribution is -2.13. The van der Waals surface area contributed by atoms with Gasteiger partial charge in [-0.25, -0.2) is 4.79 Å². The van der Waals surface area contributed by atoms with Crippen LogP contribution in [0.1, 0.15) is 26.3 Å². The molecule has 1 amide bonds. The van der Waals surface area contributed by atoms with E-state index in [-0.39, 0.29) is 22.9 Å². The van der Waals surface area contributed by atoms with Crippen LogP contribution in [0.25, 0.3) is 0 Å². The standard InChI is InChI=1S/C15H14N2O4/c1-8-6-9(2-4-12(8)16)14(19)17-10-3-5-13(18)11(7-10)15(20)21/h2-7,18H,16H2,1H3,(H,17,19)(H,20,21). The molecule has 0 unspecified atom stereocenters. The molecule has 0 fully saturated rings. The zero-order valence-corrected chi connectivity index (χ0v) is 11.3. The summed E-state index contributed by atoms with van der Waals surface area (Å²) in [6.45, 7) is 1.79. The Bertz CT molecular complexity index is 726. The molecule has 21 heavy (non-hydrogen) atoms. The average Bonchev–Trinajstić information content (AvgIpc) is 2.43. The number of benzene rings is 2. The van der Waals surface area contributed by atoms with Crippen LogP contribution in [0.15, 0.2) is 36.4 Å². The smallest absolute Gasteiger partial charge is 0.339 e. The quantitative estimate of drug-likeness (QED) is 0.510. The Hall–Kier alpha value is -3.02. The first-order valence-corrected chi connectivity index (χ1v) is 6.12. The van der Waals surface area contributed by atoms with Gasteiger partial charge in [0.15, 0.2) is 0 Å². The van der Waals surface area contributed by atoms with Crippen LogP contribution in [0.2, 0.25) is 0 Å². The fourth-order valence-corrected chi connectivity index (χ4v) is 1.81. The van der Waals surface area contributed by atoms with Gasteiger partial charge < -0.3 is 21.3 Å². The third-order valence-corrected chi connectivity index (χ3v) is 3.02. The summed E-state index contributed by atoms with van der Waals surface area (Å²) < 4.78 is 0. The van der Waals surface area contributed by atoms with Crippen LogP contribution >= 0.6 is 0 Å². The number of hydrogen-bond donors (Lipinski definition) is 4. The van der Waals surface area contributed by atoms with Crippen molar-refractivity contribution < 1.29 is 19.8 Å². The third kappa shape index (κ3) is 3.11. The Morgan fingerprint density at radius 1 is 1.14 bits per heavy atom. The number of aromatic hydroxyl groups is 1. The van der Waals surface area contributed by atoms with E-state index in [4.69, 9.17) is 10.8 Å². The van der Waals surface area contributed by atoms with Gasteiger partial charge in [0.2, 0.25) is 0 Å². The van der Waals surface area contributed by atoms with E-state index < -0.39 is 5.97 Å². The van der Waals surface area contributed by atoms with Crippen LogP contribution in [0, 0.1) is 6.92 Å². The van der Waals surface area contributed by atoms with E-state index >= 15 is 0 Å². The summed E-state index contributed by atoms with van der Waals surface area (Å²) in [6.07, 6.45) is 0. The molecule has 0 aromatic heterocycles. The number of phenols is 1. The minimum atomic E-state index is -1.27. The third-order valence-electron chi connectivity index (χ3n) is 3.02. The van der Waals surface area contributed by atoms with Gasteiger partial charge >= 0.3 is 5.97 Å². The first kappa shape index (κ1) is 14.4. The largest absolute Gasteiger partial charge is 0.507 e. The SMILES string of the molecule is Cc1cc(C(=O)Nc2ccc(O)c(C(=O)O)c2)ccc1N. The maximum atomic E-state index is 12.1. The summed E-state index contributed by atoms with van der Waals surface area (Å²) in [5.74, 6) is -2.02. The van der Waals surface area contributed by atoms with Gasteiger partial charge in [0.1, 0.15) is 11.3 Å². The molecule has 0 radical (unpaired) electrons. The van der Waals surface area contributed by atoms with E-state index in [9.17, 15) is 14.7 Å². The number of nitrogen functional groups attached to an aromatic ring is 1. The highest BCUT2D eigenvalue weighted by molar-refractivity contribution is 6.05. The number of nitrogens with two attached hydrogens (primary N) is 1. The molecule has 2 aromatic carbocycles. The number of carboxylic acid groups (broad SMARTS) is 1. The first-order chi connectivity index (χ1) is 9.88. The molecule has 0 saturated carbocycles. The van der Waals surface area contributed by atoms with Crippen molar-refractivity contribution in [1.29, 1.82) is 0 Å². The number of anilines is 2. The summed E-state index contributed by atoms with van der Waals surface area (Å²) >= 11 is 0. The fraction of sp³-hybridized carbons (Fsp3) is 0.0667. The van der Waals surface area contributed by atoms with E-state index in [0.717, 1.165) is 5.56 Å². The molecule has 0 heterocycles. The van der Waals surface area contributed by atoms with Crippen LogP contribution in [-0.2, 0) is 0 Å². The minimum Gasteiger partial charge on any atom is -0.507 e. The molecule has 5 N–H and O–H groups in total. The summed E-state index contributed by atoms with van der Waals surface area (Å²) in [5.41, 5.74) is 7.47. The van der Waals surface area contributed by atoms with Crippen LogP contribution in [0.4, 0.5) is 11.4 Å². The Kier molecular flexibility index (Phi) is 3.80. The van der Waals surface area contributed by atoms with Crippen molar-refractivity contribution in [2.75, 3.05) is 11.1 Å². The average molecular weight is 286 g/mol. The van der Waals surface area contributed by atoms with Gasteiger partial charge in [0, 0.05) is 16.9 Å². The maximum absolute atomic E-state index is 12.1. The molecular formula is C15H14N2O4. The van der Waals surface area contributed by atoms with Crippen molar-refractivity contribution in [3.8, 4) is 5.75 Å². The van der Waals surface area contributed by atoms with Gasteiger partial charge in [-0.15, -0.1) is 0 Å². The molecule has 0 saturated heterocycles. The van der Waals surface area contributed by atoms with Gasteiger partial charge in [-0.05, 0) is 48.9 Å². The van der Waals surface area contributed by atoms with E-state index in [0.29, 0.717) is 11.3 Å². The molecule has 6 heteroatoms. The van der Waals surface area contributed by atoms with Crippen LogP contribution in [0.5, 0.6) is 5.75 Å². The molecule has 0 atom stereocenters. The molecule has 2 rings (SSSR count). The zero-order chi connectivity index (χ0) is 15.6. The molecule has 2 aromatic rings. The summed E-state index contributed by atoms with van der Waals surface area (Å²) in [7, 11) is 0. The highest BCUT2D eigenvalue weighted by Gasteiger charge is 2.12. The van der Waals surface area contributed by atoms with Crippen molar-refractivity contribution in [3.05, 3.63) is 53.1 Å². The van der Waals surface area contributed by atoms with Gasteiger partial charge in [-0.3, -0.25) is 4.79 Å². The second kappa shape index (κ2) is 5.54. The van der Waals surface area contributed by atoms with E-state index in [1.54, 1.807) is 25.1 Å². The maximum Gasteiger partial charge on any atom is 0.339 e. The summed E-state index contributed by atoms with van der Waals surface area (Å²) in [4.78, 5) is 23.0. The number of rotatable bonds is 3. The Balaban J connectivity index is 2.25. The number of hydrogen-bond acceptors (Lipinski definition) is 4. The number of carboxylic acids is 1.